The minimum atomic E-state index is -0.423. The standard InChI is InChI=1S/C13H14BrClFN3O/c1-3-10-12(15)11(19(2)18-10)6-20-13-8(14)4-7(16)5-9(13)17/h4-5H,3,6,17H2,1-2H3. The van der Waals surface area contributed by atoms with Crippen molar-refractivity contribution in [3.8, 4) is 5.75 Å². The van der Waals surface area contributed by atoms with Gasteiger partial charge in [-0.25, -0.2) is 4.39 Å². The summed E-state index contributed by atoms with van der Waals surface area (Å²) >= 11 is 9.46. The van der Waals surface area contributed by atoms with Crippen LogP contribution in [0.5, 0.6) is 5.75 Å². The first-order valence-electron chi connectivity index (χ1n) is 6.01. The van der Waals surface area contributed by atoms with Gasteiger partial charge in [-0.2, -0.15) is 5.10 Å². The van der Waals surface area contributed by atoms with Gasteiger partial charge in [0.2, 0.25) is 0 Å². The molecule has 0 aliphatic rings. The molecule has 0 atom stereocenters. The third kappa shape index (κ3) is 2.91. The lowest BCUT2D eigenvalue weighted by atomic mass is 10.3. The maximum absolute atomic E-state index is 13.1. The maximum atomic E-state index is 13.1. The van der Waals surface area contributed by atoms with Crippen molar-refractivity contribution >= 4 is 33.2 Å². The number of aryl methyl sites for hydroxylation is 2. The summed E-state index contributed by atoms with van der Waals surface area (Å²) in [6, 6.07) is 2.51. The van der Waals surface area contributed by atoms with Crippen LogP contribution in [-0.2, 0) is 20.1 Å². The highest BCUT2D eigenvalue weighted by Crippen LogP contribution is 2.33. The number of halogens is 3. The lowest BCUT2D eigenvalue weighted by Gasteiger charge is -2.11. The molecule has 2 aromatic rings. The van der Waals surface area contributed by atoms with E-state index in [1.54, 1.807) is 11.7 Å². The first-order valence-corrected chi connectivity index (χ1v) is 7.18. The molecule has 108 valence electrons. The second-order valence-electron chi connectivity index (χ2n) is 4.28. The van der Waals surface area contributed by atoms with Gasteiger partial charge >= 0.3 is 0 Å². The Bertz CT molecular complexity index is 622. The van der Waals surface area contributed by atoms with Crippen LogP contribution in [-0.4, -0.2) is 9.78 Å². The van der Waals surface area contributed by atoms with Crippen LogP contribution < -0.4 is 10.5 Å². The summed E-state index contributed by atoms with van der Waals surface area (Å²) in [6.45, 7) is 2.18. The third-order valence-electron chi connectivity index (χ3n) is 2.89. The highest BCUT2D eigenvalue weighted by atomic mass is 79.9. The Balaban J connectivity index is 2.24. The molecule has 0 fully saturated rings. The molecular formula is C13H14BrClFN3O. The predicted octanol–water partition coefficient (Wildman–Crippen LogP) is 3.70. The average Bonchev–Trinajstić information content (AvgIpc) is 2.64. The topological polar surface area (TPSA) is 53.1 Å². The molecular weight excluding hydrogens is 349 g/mol. The van der Waals surface area contributed by atoms with Crippen LogP contribution in [0.1, 0.15) is 18.3 Å². The summed E-state index contributed by atoms with van der Waals surface area (Å²) in [5, 5.41) is 4.89. The van der Waals surface area contributed by atoms with Gasteiger partial charge in [0.25, 0.3) is 0 Å². The van der Waals surface area contributed by atoms with Crippen LogP contribution in [0, 0.1) is 5.82 Å². The van der Waals surface area contributed by atoms with Gasteiger partial charge < -0.3 is 10.5 Å². The Labute approximate surface area is 129 Å². The van der Waals surface area contributed by atoms with Crippen molar-refractivity contribution in [3.63, 3.8) is 0 Å². The van der Waals surface area contributed by atoms with Crippen LogP contribution in [0.3, 0.4) is 0 Å². The third-order valence-corrected chi connectivity index (χ3v) is 3.92. The number of anilines is 1. The molecule has 1 heterocycles. The molecule has 2 rings (SSSR count). The van der Waals surface area contributed by atoms with E-state index in [1.165, 1.54) is 12.1 Å². The number of nitrogens with zero attached hydrogens (tertiary/aromatic N) is 2. The van der Waals surface area contributed by atoms with Crippen LogP contribution in [0.25, 0.3) is 0 Å². The second kappa shape index (κ2) is 6.01. The van der Waals surface area contributed by atoms with E-state index in [9.17, 15) is 4.39 Å². The number of benzene rings is 1. The quantitative estimate of drug-likeness (QED) is 0.844. The Morgan fingerprint density at radius 3 is 2.75 bits per heavy atom. The van der Waals surface area contributed by atoms with E-state index in [2.05, 4.69) is 21.0 Å². The van der Waals surface area contributed by atoms with Crippen LogP contribution in [0.4, 0.5) is 10.1 Å². The zero-order valence-corrected chi connectivity index (χ0v) is 13.4. The molecule has 0 saturated carbocycles. The van der Waals surface area contributed by atoms with E-state index in [-0.39, 0.29) is 12.3 Å². The number of hydrogen-bond donors (Lipinski definition) is 1. The predicted molar refractivity (Wildman–Crippen MR) is 80.4 cm³/mol. The molecule has 20 heavy (non-hydrogen) atoms. The van der Waals surface area contributed by atoms with E-state index >= 15 is 0 Å². The molecule has 7 heteroatoms. The maximum Gasteiger partial charge on any atom is 0.157 e. The Morgan fingerprint density at radius 2 is 2.20 bits per heavy atom. The summed E-state index contributed by atoms with van der Waals surface area (Å²) in [5.41, 5.74) is 7.54. The molecule has 1 aromatic carbocycles. The number of nitrogen functional groups attached to an aromatic ring is 1. The van der Waals surface area contributed by atoms with E-state index in [4.69, 9.17) is 22.1 Å². The SMILES string of the molecule is CCc1nn(C)c(COc2c(N)cc(F)cc2Br)c1Cl. The molecule has 2 N–H and O–H groups in total. The van der Waals surface area contributed by atoms with Crippen LogP contribution in [0.2, 0.25) is 5.02 Å². The van der Waals surface area contributed by atoms with Gasteiger partial charge in [0.15, 0.2) is 5.75 Å². The lowest BCUT2D eigenvalue weighted by molar-refractivity contribution is 0.294. The lowest BCUT2D eigenvalue weighted by Crippen LogP contribution is -2.05. The Morgan fingerprint density at radius 1 is 1.50 bits per heavy atom. The van der Waals surface area contributed by atoms with Gasteiger partial charge in [-0.15, -0.1) is 0 Å². The summed E-state index contributed by atoms with van der Waals surface area (Å²) < 4.78 is 20.9. The first kappa shape index (κ1) is 15.1. The molecule has 0 unspecified atom stereocenters. The fourth-order valence-electron chi connectivity index (χ4n) is 1.85. The Kier molecular flexibility index (Phi) is 4.55. The molecule has 0 spiro atoms. The summed E-state index contributed by atoms with van der Waals surface area (Å²) in [4.78, 5) is 0. The van der Waals surface area contributed by atoms with Crippen molar-refractivity contribution in [2.24, 2.45) is 7.05 Å². The Hall–Kier alpha value is -1.27. The van der Waals surface area contributed by atoms with Crippen molar-refractivity contribution in [2.75, 3.05) is 5.73 Å². The zero-order valence-electron chi connectivity index (χ0n) is 11.1. The highest BCUT2D eigenvalue weighted by Gasteiger charge is 2.15. The van der Waals surface area contributed by atoms with Crippen molar-refractivity contribution in [1.29, 1.82) is 0 Å². The molecule has 0 saturated heterocycles. The normalized spacial score (nSPS) is 10.8. The summed E-state index contributed by atoms with van der Waals surface area (Å²) in [7, 11) is 1.80. The van der Waals surface area contributed by atoms with E-state index in [0.29, 0.717) is 15.2 Å². The number of hydrogen-bond acceptors (Lipinski definition) is 3. The van der Waals surface area contributed by atoms with E-state index < -0.39 is 5.82 Å². The van der Waals surface area contributed by atoms with Crippen molar-refractivity contribution < 1.29 is 9.13 Å². The minimum absolute atomic E-state index is 0.205. The van der Waals surface area contributed by atoms with Crippen molar-refractivity contribution in [3.05, 3.63) is 38.8 Å². The smallest absolute Gasteiger partial charge is 0.157 e. The van der Waals surface area contributed by atoms with Crippen molar-refractivity contribution in [2.45, 2.75) is 20.0 Å². The average molecular weight is 363 g/mol. The number of ether oxygens (including phenoxy) is 1. The monoisotopic (exact) mass is 361 g/mol. The van der Waals surface area contributed by atoms with Gasteiger partial charge in [-0.05, 0) is 28.4 Å². The number of rotatable bonds is 4. The molecule has 4 nitrogen and oxygen atoms in total. The van der Waals surface area contributed by atoms with Gasteiger partial charge in [0.1, 0.15) is 12.4 Å². The van der Waals surface area contributed by atoms with Gasteiger partial charge in [0.05, 0.1) is 26.6 Å². The van der Waals surface area contributed by atoms with E-state index in [0.717, 1.165) is 17.8 Å². The van der Waals surface area contributed by atoms with Crippen LogP contribution >= 0.6 is 27.5 Å². The molecule has 0 aliphatic carbocycles. The summed E-state index contributed by atoms with van der Waals surface area (Å²) in [5.74, 6) is -0.0322. The van der Waals surface area contributed by atoms with Crippen LogP contribution in [0.15, 0.2) is 16.6 Å². The zero-order chi connectivity index (χ0) is 14.9. The molecule has 0 amide bonds. The minimum Gasteiger partial charge on any atom is -0.484 e. The fraction of sp³-hybridized carbons (Fsp3) is 0.308. The second-order valence-corrected chi connectivity index (χ2v) is 5.51. The summed E-state index contributed by atoms with van der Waals surface area (Å²) in [6.07, 6.45) is 0.745. The van der Waals surface area contributed by atoms with Gasteiger partial charge in [-0.3, -0.25) is 4.68 Å². The molecule has 0 radical (unpaired) electrons. The highest BCUT2D eigenvalue weighted by molar-refractivity contribution is 9.10. The number of aromatic nitrogens is 2. The molecule has 0 bridgehead atoms. The molecule has 0 aliphatic heterocycles. The van der Waals surface area contributed by atoms with Gasteiger partial charge in [0, 0.05) is 13.1 Å². The fourth-order valence-corrected chi connectivity index (χ4v) is 2.76. The van der Waals surface area contributed by atoms with E-state index in [1.807, 2.05) is 6.92 Å². The largest absolute Gasteiger partial charge is 0.484 e. The first-order chi connectivity index (χ1) is 9.43. The van der Waals surface area contributed by atoms with Gasteiger partial charge in [-0.1, -0.05) is 18.5 Å². The molecule has 1 aromatic heterocycles. The van der Waals surface area contributed by atoms with Crippen molar-refractivity contribution in [1.82, 2.24) is 9.78 Å². The number of nitrogens with two attached hydrogens (primary N) is 1.